The Morgan fingerprint density at radius 1 is 1.07 bits per heavy atom. The normalized spacial score (nSPS) is 20.5. The van der Waals surface area contributed by atoms with Crippen molar-refractivity contribution in [3.05, 3.63) is 54.1 Å². The van der Waals surface area contributed by atoms with Crippen molar-refractivity contribution in [3.8, 4) is 0 Å². The fourth-order valence-corrected chi connectivity index (χ4v) is 3.24. The first-order chi connectivity index (χ1) is 13.5. The average molecular weight is 379 g/mol. The molecule has 28 heavy (non-hydrogen) atoms. The highest BCUT2D eigenvalue weighted by Crippen LogP contribution is 2.38. The molecule has 2 aromatic carbocycles. The second-order valence-corrected chi connectivity index (χ2v) is 7.16. The van der Waals surface area contributed by atoms with Gasteiger partial charge in [-0.1, -0.05) is 19.1 Å². The number of hydrogen-bond donors (Lipinski definition) is 2. The van der Waals surface area contributed by atoms with Crippen molar-refractivity contribution < 1.29 is 19.1 Å². The molecule has 2 aromatic rings. The molecular formula is C21H21N3O4. The summed E-state index contributed by atoms with van der Waals surface area (Å²) in [4.78, 5) is 37.9. The van der Waals surface area contributed by atoms with Gasteiger partial charge in [0.2, 0.25) is 5.91 Å². The number of cyclic esters (lactones) is 1. The molecule has 7 heteroatoms. The summed E-state index contributed by atoms with van der Waals surface area (Å²) < 4.78 is 4.95. The summed E-state index contributed by atoms with van der Waals surface area (Å²) in [5.74, 6) is 0.191. The van der Waals surface area contributed by atoms with Crippen LogP contribution in [-0.4, -0.2) is 31.1 Å². The van der Waals surface area contributed by atoms with Gasteiger partial charge in [-0.05, 0) is 48.7 Å². The van der Waals surface area contributed by atoms with Crippen molar-refractivity contribution in [1.29, 1.82) is 0 Å². The molecule has 4 rings (SSSR count). The molecule has 2 N–H and O–H groups in total. The van der Waals surface area contributed by atoms with Crippen LogP contribution < -0.4 is 15.5 Å². The SMILES string of the molecule is C[C@H]1C[C@@H]1C(=O)Nc1cccc(C(=O)Nc2cccc(N3CCOC3=O)c2)c1. The second kappa shape index (κ2) is 7.34. The Morgan fingerprint density at radius 3 is 2.46 bits per heavy atom. The number of carbonyl (C=O) groups excluding carboxylic acids is 3. The van der Waals surface area contributed by atoms with E-state index in [-0.39, 0.29) is 17.7 Å². The predicted octanol–water partition coefficient (Wildman–Crippen LogP) is 3.49. The monoisotopic (exact) mass is 379 g/mol. The number of hydrogen-bond acceptors (Lipinski definition) is 4. The number of amides is 3. The number of rotatable bonds is 5. The Kier molecular flexibility index (Phi) is 4.73. The molecule has 1 saturated heterocycles. The third-order valence-corrected chi connectivity index (χ3v) is 5.02. The maximum atomic E-state index is 12.6. The first-order valence-electron chi connectivity index (χ1n) is 9.28. The molecule has 2 fully saturated rings. The van der Waals surface area contributed by atoms with Gasteiger partial charge in [0.1, 0.15) is 6.61 Å². The molecule has 144 valence electrons. The standard InChI is InChI=1S/C21H21N3O4/c1-13-10-18(13)20(26)23-15-5-2-4-14(11-15)19(25)22-16-6-3-7-17(12-16)24-8-9-28-21(24)27/h2-7,11-13,18H,8-10H2,1H3,(H,22,25)(H,23,26)/t13-,18-/m0/s1. The van der Waals surface area contributed by atoms with Crippen LogP contribution in [0.25, 0.3) is 0 Å². The van der Waals surface area contributed by atoms with Crippen LogP contribution in [0.2, 0.25) is 0 Å². The molecule has 3 amide bonds. The summed E-state index contributed by atoms with van der Waals surface area (Å²) in [7, 11) is 0. The van der Waals surface area contributed by atoms with Gasteiger partial charge in [0.25, 0.3) is 5.91 Å². The highest BCUT2D eigenvalue weighted by atomic mass is 16.6. The summed E-state index contributed by atoms with van der Waals surface area (Å²) in [6.07, 6.45) is 0.518. The Morgan fingerprint density at radius 2 is 1.79 bits per heavy atom. The van der Waals surface area contributed by atoms with E-state index in [0.29, 0.717) is 41.7 Å². The van der Waals surface area contributed by atoms with Crippen molar-refractivity contribution in [2.24, 2.45) is 11.8 Å². The van der Waals surface area contributed by atoms with Crippen molar-refractivity contribution in [1.82, 2.24) is 0 Å². The summed E-state index contributed by atoms with van der Waals surface area (Å²) in [6.45, 7) is 2.88. The Labute approximate surface area is 162 Å². The van der Waals surface area contributed by atoms with Crippen LogP contribution in [0.15, 0.2) is 48.5 Å². The Hall–Kier alpha value is -3.35. The third kappa shape index (κ3) is 3.83. The van der Waals surface area contributed by atoms with E-state index in [4.69, 9.17) is 4.74 Å². The van der Waals surface area contributed by atoms with E-state index in [1.807, 2.05) is 6.92 Å². The molecule has 1 heterocycles. The number of nitrogens with one attached hydrogen (secondary N) is 2. The smallest absolute Gasteiger partial charge is 0.414 e. The van der Waals surface area contributed by atoms with Crippen molar-refractivity contribution >= 4 is 35.0 Å². The number of ether oxygens (including phenoxy) is 1. The van der Waals surface area contributed by atoms with Crippen LogP contribution in [0.5, 0.6) is 0 Å². The van der Waals surface area contributed by atoms with Crippen molar-refractivity contribution in [2.45, 2.75) is 13.3 Å². The number of carbonyl (C=O) groups is 3. The van der Waals surface area contributed by atoms with E-state index in [0.717, 1.165) is 6.42 Å². The van der Waals surface area contributed by atoms with Gasteiger partial charge in [-0.3, -0.25) is 14.5 Å². The summed E-state index contributed by atoms with van der Waals surface area (Å²) in [5.41, 5.74) is 2.28. The first-order valence-corrected chi connectivity index (χ1v) is 9.28. The lowest BCUT2D eigenvalue weighted by Crippen LogP contribution is -2.23. The van der Waals surface area contributed by atoms with Gasteiger partial charge in [-0.25, -0.2) is 4.79 Å². The van der Waals surface area contributed by atoms with Crippen LogP contribution in [-0.2, 0) is 9.53 Å². The molecule has 1 saturated carbocycles. The molecule has 0 radical (unpaired) electrons. The van der Waals surface area contributed by atoms with Gasteiger partial charge < -0.3 is 15.4 Å². The molecule has 0 unspecified atom stereocenters. The summed E-state index contributed by atoms with van der Waals surface area (Å²) >= 11 is 0. The van der Waals surface area contributed by atoms with E-state index < -0.39 is 6.09 Å². The van der Waals surface area contributed by atoms with E-state index >= 15 is 0 Å². The van der Waals surface area contributed by atoms with Crippen LogP contribution in [0.4, 0.5) is 21.9 Å². The van der Waals surface area contributed by atoms with E-state index in [2.05, 4.69) is 10.6 Å². The predicted molar refractivity (Wildman–Crippen MR) is 105 cm³/mol. The van der Waals surface area contributed by atoms with Gasteiger partial charge >= 0.3 is 6.09 Å². The number of nitrogens with zero attached hydrogens (tertiary/aromatic N) is 1. The fourth-order valence-electron chi connectivity index (χ4n) is 3.24. The summed E-state index contributed by atoms with van der Waals surface area (Å²) in [5, 5.41) is 5.70. The lowest BCUT2D eigenvalue weighted by molar-refractivity contribution is -0.117. The molecular weight excluding hydrogens is 358 g/mol. The third-order valence-electron chi connectivity index (χ3n) is 5.02. The minimum atomic E-state index is -0.392. The minimum absolute atomic E-state index is 0.00439. The molecule has 7 nitrogen and oxygen atoms in total. The quantitative estimate of drug-likeness (QED) is 0.832. The average Bonchev–Trinajstić information content (AvgIpc) is 3.27. The van der Waals surface area contributed by atoms with Gasteiger partial charge in [0.15, 0.2) is 0 Å². The van der Waals surface area contributed by atoms with Crippen LogP contribution in [0.3, 0.4) is 0 Å². The van der Waals surface area contributed by atoms with Crippen LogP contribution in [0, 0.1) is 11.8 Å². The van der Waals surface area contributed by atoms with Crippen molar-refractivity contribution in [3.63, 3.8) is 0 Å². The number of anilines is 3. The second-order valence-electron chi connectivity index (χ2n) is 7.16. The van der Waals surface area contributed by atoms with E-state index in [9.17, 15) is 14.4 Å². The van der Waals surface area contributed by atoms with Gasteiger partial charge in [0, 0.05) is 28.5 Å². The zero-order valence-electron chi connectivity index (χ0n) is 15.5. The first kappa shape index (κ1) is 18.0. The maximum absolute atomic E-state index is 12.6. The van der Waals surface area contributed by atoms with Crippen LogP contribution >= 0.6 is 0 Å². The van der Waals surface area contributed by atoms with E-state index in [1.165, 1.54) is 4.90 Å². The Bertz CT molecular complexity index is 943. The number of benzene rings is 2. The molecule has 0 bridgehead atoms. The lowest BCUT2D eigenvalue weighted by atomic mass is 10.1. The highest BCUT2D eigenvalue weighted by molar-refractivity contribution is 6.06. The molecule has 2 atom stereocenters. The molecule has 1 aliphatic heterocycles. The molecule has 0 spiro atoms. The highest BCUT2D eigenvalue weighted by Gasteiger charge is 2.39. The topological polar surface area (TPSA) is 87.7 Å². The zero-order chi connectivity index (χ0) is 19.7. The molecule has 2 aliphatic rings. The van der Waals surface area contributed by atoms with Gasteiger partial charge in [-0.2, -0.15) is 0 Å². The zero-order valence-corrected chi connectivity index (χ0v) is 15.5. The van der Waals surface area contributed by atoms with Gasteiger partial charge in [0.05, 0.1) is 6.54 Å². The molecule has 1 aliphatic carbocycles. The minimum Gasteiger partial charge on any atom is -0.447 e. The van der Waals surface area contributed by atoms with Gasteiger partial charge in [-0.15, -0.1) is 0 Å². The van der Waals surface area contributed by atoms with Crippen molar-refractivity contribution in [2.75, 3.05) is 28.7 Å². The Balaban J connectivity index is 1.44. The lowest BCUT2D eigenvalue weighted by Gasteiger charge is -2.14. The molecule has 0 aromatic heterocycles. The summed E-state index contributed by atoms with van der Waals surface area (Å²) in [6, 6.07) is 13.9. The maximum Gasteiger partial charge on any atom is 0.414 e. The van der Waals surface area contributed by atoms with E-state index in [1.54, 1.807) is 48.5 Å². The van der Waals surface area contributed by atoms with Crippen LogP contribution in [0.1, 0.15) is 23.7 Å². The largest absolute Gasteiger partial charge is 0.447 e. The fraction of sp³-hybridized carbons (Fsp3) is 0.286.